The monoisotopic (exact) mass is 431 g/mol. The molecule has 174 valence electrons. The number of nitrogens with one attached hydrogen (secondary N) is 3. The van der Waals surface area contributed by atoms with Crippen LogP contribution in [0.2, 0.25) is 0 Å². The number of likely N-dealkylation sites (tertiary alicyclic amines) is 1. The first-order valence-electron chi connectivity index (χ1n) is 11.7. The number of hydrogen-bond donors (Lipinski definition) is 3. The quantitative estimate of drug-likeness (QED) is 0.411. The van der Waals surface area contributed by atoms with E-state index in [4.69, 9.17) is 9.47 Å². The molecule has 2 aliphatic rings. The van der Waals surface area contributed by atoms with E-state index in [9.17, 15) is 0 Å². The van der Waals surface area contributed by atoms with Crippen molar-refractivity contribution in [3.63, 3.8) is 0 Å². The van der Waals surface area contributed by atoms with Crippen LogP contribution in [0.5, 0.6) is 0 Å². The second-order valence-electron chi connectivity index (χ2n) is 8.85. The highest BCUT2D eigenvalue weighted by atomic mass is 16.5. The Morgan fingerprint density at radius 3 is 2.58 bits per heavy atom. The number of hydrogen-bond acceptors (Lipinski definition) is 5. The van der Waals surface area contributed by atoms with E-state index in [0.717, 1.165) is 77.6 Å². The van der Waals surface area contributed by atoms with Crippen molar-refractivity contribution in [2.24, 2.45) is 4.99 Å². The van der Waals surface area contributed by atoms with E-state index in [-0.39, 0.29) is 11.6 Å². The van der Waals surface area contributed by atoms with Gasteiger partial charge in [0.1, 0.15) is 0 Å². The van der Waals surface area contributed by atoms with Crippen molar-refractivity contribution in [1.29, 1.82) is 0 Å². The molecular formula is C24H41N5O2. The van der Waals surface area contributed by atoms with Crippen LogP contribution in [0, 0.1) is 0 Å². The average molecular weight is 432 g/mol. The standard InChI is InChI=1S/C24H41N5O2/c1-20(21-7-5-4-6-8-21)28-24(11-16-31-17-12-24)19-26-23(25-2)27-22-9-13-29(14-10-22)15-18-30-3/h4-8,20,22,28H,9-19H2,1-3H3,(H2,25,26,27). The first-order chi connectivity index (χ1) is 15.1. The van der Waals surface area contributed by atoms with Crippen molar-refractivity contribution in [3.8, 4) is 0 Å². The second-order valence-corrected chi connectivity index (χ2v) is 8.85. The molecule has 7 heteroatoms. The van der Waals surface area contributed by atoms with Gasteiger partial charge in [0.25, 0.3) is 0 Å². The third-order valence-corrected chi connectivity index (χ3v) is 6.63. The maximum absolute atomic E-state index is 5.68. The lowest BCUT2D eigenvalue weighted by Gasteiger charge is -2.41. The van der Waals surface area contributed by atoms with Crippen LogP contribution in [-0.2, 0) is 9.47 Å². The van der Waals surface area contributed by atoms with Crippen LogP contribution in [0.25, 0.3) is 0 Å². The number of methoxy groups -OCH3 is 1. The normalized spacial score (nSPS) is 21.6. The molecule has 2 saturated heterocycles. The summed E-state index contributed by atoms with van der Waals surface area (Å²) >= 11 is 0. The van der Waals surface area contributed by atoms with E-state index < -0.39 is 0 Å². The van der Waals surface area contributed by atoms with Gasteiger partial charge in [-0.05, 0) is 38.2 Å². The van der Waals surface area contributed by atoms with E-state index >= 15 is 0 Å². The Kier molecular flexibility index (Phi) is 9.58. The molecule has 0 spiro atoms. The maximum atomic E-state index is 5.68. The molecule has 2 heterocycles. The van der Waals surface area contributed by atoms with E-state index in [0.29, 0.717) is 6.04 Å². The van der Waals surface area contributed by atoms with Crippen molar-refractivity contribution in [2.75, 3.05) is 60.2 Å². The van der Waals surface area contributed by atoms with Gasteiger partial charge in [0, 0.05) is 71.2 Å². The largest absolute Gasteiger partial charge is 0.383 e. The summed E-state index contributed by atoms with van der Waals surface area (Å²) in [6.07, 6.45) is 4.25. The van der Waals surface area contributed by atoms with Crippen LogP contribution in [0.3, 0.4) is 0 Å². The molecule has 1 aromatic carbocycles. The zero-order valence-electron chi connectivity index (χ0n) is 19.5. The summed E-state index contributed by atoms with van der Waals surface area (Å²) in [6.45, 7) is 8.71. The van der Waals surface area contributed by atoms with Gasteiger partial charge in [0.15, 0.2) is 5.96 Å². The lowest BCUT2D eigenvalue weighted by Crippen LogP contribution is -2.59. The predicted octanol–water partition coefficient (Wildman–Crippen LogP) is 2.16. The van der Waals surface area contributed by atoms with Crippen LogP contribution < -0.4 is 16.0 Å². The summed E-state index contributed by atoms with van der Waals surface area (Å²) in [5.74, 6) is 0.898. The van der Waals surface area contributed by atoms with Crippen molar-refractivity contribution in [3.05, 3.63) is 35.9 Å². The van der Waals surface area contributed by atoms with Gasteiger partial charge in [-0.2, -0.15) is 0 Å². The minimum absolute atomic E-state index is 0.00531. The Hall–Kier alpha value is -1.67. The first kappa shape index (κ1) is 24.0. The lowest BCUT2D eigenvalue weighted by atomic mass is 9.88. The van der Waals surface area contributed by atoms with E-state index in [1.54, 1.807) is 7.11 Å². The van der Waals surface area contributed by atoms with Crippen LogP contribution in [0.4, 0.5) is 0 Å². The summed E-state index contributed by atoms with van der Waals surface area (Å²) in [6, 6.07) is 11.4. The molecule has 2 aliphatic heterocycles. The van der Waals surface area contributed by atoms with Gasteiger partial charge in [0.05, 0.1) is 6.61 Å². The minimum atomic E-state index is -0.00531. The number of ether oxygens (including phenoxy) is 2. The molecular weight excluding hydrogens is 390 g/mol. The maximum Gasteiger partial charge on any atom is 0.191 e. The Bertz CT molecular complexity index is 655. The minimum Gasteiger partial charge on any atom is -0.383 e. The van der Waals surface area contributed by atoms with Crippen molar-refractivity contribution >= 4 is 5.96 Å². The fraction of sp³-hybridized carbons (Fsp3) is 0.708. The predicted molar refractivity (Wildman–Crippen MR) is 127 cm³/mol. The average Bonchev–Trinajstić information content (AvgIpc) is 2.82. The smallest absolute Gasteiger partial charge is 0.191 e. The summed E-state index contributed by atoms with van der Waals surface area (Å²) in [5.41, 5.74) is 1.31. The number of nitrogens with zero attached hydrogens (tertiary/aromatic N) is 2. The number of aliphatic imine (C=N–C) groups is 1. The molecule has 0 bridgehead atoms. The van der Waals surface area contributed by atoms with Gasteiger partial charge in [-0.3, -0.25) is 4.99 Å². The van der Waals surface area contributed by atoms with E-state index in [1.807, 2.05) is 7.05 Å². The highest BCUT2D eigenvalue weighted by Crippen LogP contribution is 2.25. The van der Waals surface area contributed by atoms with Gasteiger partial charge in [0.2, 0.25) is 0 Å². The van der Waals surface area contributed by atoms with Gasteiger partial charge in [-0.25, -0.2) is 0 Å². The number of rotatable bonds is 9. The molecule has 1 aromatic rings. The topological polar surface area (TPSA) is 70.2 Å². The van der Waals surface area contributed by atoms with Gasteiger partial charge in [-0.1, -0.05) is 30.3 Å². The number of benzene rings is 1. The molecule has 1 unspecified atom stereocenters. The number of piperidine rings is 1. The fourth-order valence-corrected chi connectivity index (χ4v) is 4.58. The first-order valence-corrected chi connectivity index (χ1v) is 11.7. The molecule has 0 radical (unpaired) electrons. The van der Waals surface area contributed by atoms with Crippen molar-refractivity contribution in [2.45, 2.75) is 50.2 Å². The molecule has 3 N–H and O–H groups in total. The SMILES string of the molecule is CN=C(NCC1(NC(C)c2ccccc2)CCOCC1)NC1CCN(CCOC)CC1. The van der Waals surface area contributed by atoms with E-state index in [1.165, 1.54) is 5.56 Å². The summed E-state index contributed by atoms with van der Waals surface area (Å²) in [7, 11) is 3.63. The van der Waals surface area contributed by atoms with Gasteiger partial charge >= 0.3 is 0 Å². The molecule has 7 nitrogen and oxygen atoms in total. The van der Waals surface area contributed by atoms with Crippen LogP contribution in [0.15, 0.2) is 35.3 Å². The molecule has 0 aromatic heterocycles. The van der Waals surface area contributed by atoms with Gasteiger partial charge in [-0.15, -0.1) is 0 Å². The van der Waals surface area contributed by atoms with Gasteiger partial charge < -0.3 is 30.3 Å². The summed E-state index contributed by atoms with van der Waals surface area (Å²) in [5, 5.41) is 11.2. The van der Waals surface area contributed by atoms with Crippen LogP contribution in [0.1, 0.15) is 44.2 Å². The molecule has 2 fully saturated rings. The molecule has 3 rings (SSSR count). The molecule has 31 heavy (non-hydrogen) atoms. The zero-order valence-corrected chi connectivity index (χ0v) is 19.5. The highest BCUT2D eigenvalue weighted by molar-refractivity contribution is 5.80. The third-order valence-electron chi connectivity index (χ3n) is 6.63. The Morgan fingerprint density at radius 1 is 1.23 bits per heavy atom. The highest BCUT2D eigenvalue weighted by Gasteiger charge is 2.34. The molecule has 0 saturated carbocycles. The Labute approximate surface area is 188 Å². The fourth-order valence-electron chi connectivity index (χ4n) is 4.58. The van der Waals surface area contributed by atoms with E-state index in [2.05, 4.69) is 63.1 Å². The Morgan fingerprint density at radius 2 is 1.94 bits per heavy atom. The second kappa shape index (κ2) is 12.4. The zero-order chi connectivity index (χ0) is 21.9. The van der Waals surface area contributed by atoms with Crippen LogP contribution >= 0.6 is 0 Å². The summed E-state index contributed by atoms with van der Waals surface area (Å²) < 4.78 is 10.9. The van der Waals surface area contributed by atoms with Crippen LogP contribution in [-0.4, -0.2) is 82.6 Å². The summed E-state index contributed by atoms with van der Waals surface area (Å²) in [4.78, 5) is 6.98. The third kappa shape index (κ3) is 7.45. The molecule has 0 amide bonds. The molecule has 0 aliphatic carbocycles. The lowest BCUT2D eigenvalue weighted by molar-refractivity contribution is 0.0354. The van der Waals surface area contributed by atoms with Crippen molar-refractivity contribution < 1.29 is 9.47 Å². The Balaban J connectivity index is 1.51. The molecule has 1 atom stereocenters. The number of guanidine groups is 1. The van der Waals surface area contributed by atoms with Crippen molar-refractivity contribution in [1.82, 2.24) is 20.9 Å².